The highest BCUT2D eigenvalue weighted by molar-refractivity contribution is 9.10. The largest absolute Gasteiger partial charge is 0.216 e. The first-order valence-electron chi connectivity index (χ1n) is 5.24. The van der Waals surface area contributed by atoms with Gasteiger partial charge in [0.15, 0.2) is 5.82 Å². The van der Waals surface area contributed by atoms with Crippen molar-refractivity contribution in [2.45, 2.75) is 13.8 Å². The van der Waals surface area contributed by atoms with Gasteiger partial charge in [0.05, 0.1) is 10.3 Å². The summed E-state index contributed by atoms with van der Waals surface area (Å²) < 4.78 is 1.04. The number of fused-ring (bicyclic) bond motifs is 1. The van der Waals surface area contributed by atoms with E-state index in [0.717, 1.165) is 19.6 Å². The van der Waals surface area contributed by atoms with E-state index >= 15 is 0 Å². The van der Waals surface area contributed by atoms with Crippen LogP contribution in [0.4, 0.5) is 0 Å². The van der Waals surface area contributed by atoms with Crippen molar-refractivity contribution in [3.8, 4) is 10.7 Å². The van der Waals surface area contributed by atoms with Crippen LogP contribution in [-0.4, -0.2) is 9.97 Å². The van der Waals surface area contributed by atoms with Crippen LogP contribution in [0, 0.1) is 13.8 Å². The number of aromatic nitrogens is 2. The monoisotopic (exact) mass is 358 g/mol. The normalized spacial score (nSPS) is 11.3. The second-order valence-corrected chi connectivity index (χ2v) is 7.32. The number of hydrogen-bond donors (Lipinski definition) is 0. The van der Waals surface area contributed by atoms with Crippen molar-refractivity contribution in [3.05, 3.63) is 31.5 Å². The summed E-state index contributed by atoms with van der Waals surface area (Å²) >= 11 is 13.0. The molecule has 0 saturated carbocycles. The molecule has 18 heavy (non-hydrogen) atoms. The predicted molar refractivity (Wildman–Crippen MR) is 82.9 cm³/mol. The first-order chi connectivity index (χ1) is 8.56. The molecule has 92 valence electrons. The van der Waals surface area contributed by atoms with Crippen molar-refractivity contribution >= 4 is 60.4 Å². The minimum atomic E-state index is 0.543. The second kappa shape index (κ2) is 4.56. The zero-order valence-corrected chi connectivity index (χ0v) is 13.6. The van der Waals surface area contributed by atoms with E-state index in [1.165, 1.54) is 10.4 Å². The number of hydrogen-bond acceptors (Lipinski definition) is 4. The van der Waals surface area contributed by atoms with Crippen molar-refractivity contribution in [2.75, 3.05) is 0 Å². The Labute approximate surface area is 126 Å². The molecule has 0 aromatic carbocycles. The SMILES string of the molecule is Cc1sc2nc(-c3cc(Br)cs3)nc(Cl)c2c1C. The molecule has 0 unspecified atom stereocenters. The van der Waals surface area contributed by atoms with Gasteiger partial charge < -0.3 is 0 Å². The van der Waals surface area contributed by atoms with E-state index in [0.29, 0.717) is 11.0 Å². The molecular weight excluding hydrogens is 352 g/mol. The standard InChI is InChI=1S/C12H8BrClN2S2/c1-5-6(2)18-12-9(5)10(14)15-11(16-12)8-3-7(13)4-17-8/h3-4H,1-2H3. The summed E-state index contributed by atoms with van der Waals surface area (Å²) in [6.07, 6.45) is 0. The summed E-state index contributed by atoms with van der Waals surface area (Å²) in [7, 11) is 0. The van der Waals surface area contributed by atoms with Gasteiger partial charge in [-0.3, -0.25) is 0 Å². The van der Waals surface area contributed by atoms with Crippen LogP contribution in [-0.2, 0) is 0 Å². The van der Waals surface area contributed by atoms with Gasteiger partial charge in [-0.25, -0.2) is 9.97 Å². The Morgan fingerprint density at radius 2 is 2.06 bits per heavy atom. The average Bonchev–Trinajstić information content (AvgIpc) is 2.85. The summed E-state index contributed by atoms with van der Waals surface area (Å²) in [4.78, 5) is 12.2. The highest BCUT2D eigenvalue weighted by Gasteiger charge is 2.14. The van der Waals surface area contributed by atoms with Crippen molar-refractivity contribution in [2.24, 2.45) is 0 Å². The lowest BCUT2D eigenvalue weighted by Crippen LogP contribution is -1.88. The lowest BCUT2D eigenvalue weighted by Gasteiger charge is -1.99. The molecule has 0 aliphatic heterocycles. The smallest absolute Gasteiger partial charge is 0.172 e. The second-order valence-electron chi connectivity index (χ2n) is 3.93. The van der Waals surface area contributed by atoms with Gasteiger partial charge >= 0.3 is 0 Å². The highest BCUT2D eigenvalue weighted by atomic mass is 79.9. The van der Waals surface area contributed by atoms with Crippen LogP contribution in [0.5, 0.6) is 0 Å². The third-order valence-corrected chi connectivity index (χ3v) is 5.83. The molecular formula is C12H8BrClN2S2. The molecule has 0 bridgehead atoms. The molecule has 0 N–H and O–H groups in total. The minimum absolute atomic E-state index is 0.543. The maximum Gasteiger partial charge on any atom is 0.172 e. The van der Waals surface area contributed by atoms with Crippen LogP contribution in [0.2, 0.25) is 5.15 Å². The summed E-state index contributed by atoms with van der Waals surface area (Å²) in [6, 6.07) is 2.01. The molecule has 3 aromatic rings. The zero-order chi connectivity index (χ0) is 12.9. The molecule has 3 rings (SSSR count). The Balaban J connectivity index is 2.27. The van der Waals surface area contributed by atoms with Crippen molar-refractivity contribution in [1.82, 2.24) is 9.97 Å². The van der Waals surface area contributed by atoms with Crippen molar-refractivity contribution in [3.63, 3.8) is 0 Å². The van der Waals surface area contributed by atoms with Crippen LogP contribution >= 0.6 is 50.2 Å². The van der Waals surface area contributed by atoms with Gasteiger partial charge in [0.2, 0.25) is 0 Å². The van der Waals surface area contributed by atoms with E-state index in [1.807, 2.05) is 11.4 Å². The number of nitrogens with zero attached hydrogens (tertiary/aromatic N) is 2. The number of rotatable bonds is 1. The van der Waals surface area contributed by atoms with Crippen LogP contribution in [0.1, 0.15) is 10.4 Å². The Hall–Kier alpha value is -0.490. The fraction of sp³-hybridized carbons (Fsp3) is 0.167. The molecule has 3 heterocycles. The van der Waals surface area contributed by atoms with Gasteiger partial charge in [-0.2, -0.15) is 0 Å². The van der Waals surface area contributed by atoms with Crippen LogP contribution < -0.4 is 0 Å². The van der Waals surface area contributed by atoms with Crippen molar-refractivity contribution < 1.29 is 0 Å². The topological polar surface area (TPSA) is 25.8 Å². The molecule has 6 heteroatoms. The Kier molecular flexibility index (Phi) is 3.18. The summed E-state index contributed by atoms with van der Waals surface area (Å²) in [5.41, 5.74) is 1.18. The molecule has 0 atom stereocenters. The third-order valence-electron chi connectivity index (χ3n) is 2.77. The maximum atomic E-state index is 6.29. The summed E-state index contributed by atoms with van der Waals surface area (Å²) in [5, 5.41) is 3.54. The van der Waals surface area contributed by atoms with E-state index in [1.54, 1.807) is 22.7 Å². The van der Waals surface area contributed by atoms with Gasteiger partial charge in [-0.15, -0.1) is 22.7 Å². The van der Waals surface area contributed by atoms with Gasteiger partial charge in [-0.05, 0) is 41.4 Å². The molecule has 3 aromatic heterocycles. The van der Waals surface area contributed by atoms with Crippen LogP contribution in [0.15, 0.2) is 15.9 Å². The first-order valence-corrected chi connectivity index (χ1v) is 8.10. The number of thiophene rings is 2. The highest BCUT2D eigenvalue weighted by Crippen LogP contribution is 2.36. The van der Waals surface area contributed by atoms with Crippen molar-refractivity contribution in [1.29, 1.82) is 0 Å². The van der Waals surface area contributed by atoms with Gasteiger partial charge in [0, 0.05) is 14.7 Å². The molecule has 0 saturated heterocycles. The van der Waals surface area contributed by atoms with Gasteiger partial charge in [0.25, 0.3) is 0 Å². The molecule has 0 fully saturated rings. The molecule has 0 amide bonds. The molecule has 0 spiro atoms. The Morgan fingerprint density at radius 3 is 2.72 bits per heavy atom. The van der Waals surface area contributed by atoms with Crippen LogP contribution in [0.25, 0.3) is 20.9 Å². The zero-order valence-electron chi connectivity index (χ0n) is 9.62. The average molecular weight is 360 g/mol. The molecule has 0 aliphatic carbocycles. The van der Waals surface area contributed by atoms with Gasteiger partial charge in [-0.1, -0.05) is 11.6 Å². The number of halogens is 2. The quantitative estimate of drug-likeness (QED) is 0.540. The summed E-state index contributed by atoms with van der Waals surface area (Å²) in [5.74, 6) is 0.699. The van der Waals surface area contributed by atoms with E-state index in [4.69, 9.17) is 11.6 Å². The predicted octanol–water partition coefficient (Wildman–Crippen LogP) is 5.45. The third kappa shape index (κ3) is 1.99. The van der Waals surface area contributed by atoms with Crippen LogP contribution in [0.3, 0.4) is 0 Å². The number of aryl methyl sites for hydroxylation is 2. The van der Waals surface area contributed by atoms with E-state index in [9.17, 15) is 0 Å². The van der Waals surface area contributed by atoms with E-state index in [2.05, 4.69) is 39.7 Å². The summed E-state index contributed by atoms with van der Waals surface area (Å²) in [6.45, 7) is 4.14. The lowest BCUT2D eigenvalue weighted by molar-refractivity contribution is 1.25. The minimum Gasteiger partial charge on any atom is -0.216 e. The first kappa shape index (κ1) is 12.5. The van der Waals surface area contributed by atoms with Gasteiger partial charge in [0.1, 0.15) is 9.98 Å². The van der Waals surface area contributed by atoms with E-state index in [-0.39, 0.29) is 0 Å². The molecule has 2 nitrogen and oxygen atoms in total. The lowest BCUT2D eigenvalue weighted by atomic mass is 10.2. The fourth-order valence-corrected chi connectivity index (χ4v) is 4.50. The maximum absolute atomic E-state index is 6.29. The fourth-order valence-electron chi connectivity index (χ4n) is 1.74. The van der Waals surface area contributed by atoms with E-state index < -0.39 is 0 Å². The molecule has 0 radical (unpaired) electrons. The Morgan fingerprint density at radius 1 is 1.28 bits per heavy atom. The Bertz CT molecular complexity index is 748. The molecule has 0 aliphatic rings.